The number of aromatic nitrogens is 1. The lowest BCUT2D eigenvalue weighted by atomic mass is 10.1. The van der Waals surface area contributed by atoms with E-state index < -0.39 is 11.7 Å². The molecule has 3 nitrogen and oxygen atoms in total. The molecule has 1 aromatic carbocycles. The molecule has 6 heteroatoms. The Kier molecular flexibility index (Phi) is 3.37. The van der Waals surface area contributed by atoms with Crippen molar-refractivity contribution in [3.8, 4) is 0 Å². The van der Waals surface area contributed by atoms with E-state index in [1.165, 1.54) is 6.07 Å². The van der Waals surface area contributed by atoms with Gasteiger partial charge in [0.05, 0.1) is 5.56 Å². The minimum absolute atomic E-state index is 0.148. The SMILES string of the molecule is FC(F)(F)c1ccc(C2=NC(c3ccccc3)CO2)nc1. The fourth-order valence-electron chi connectivity index (χ4n) is 2.05. The number of hydrogen-bond acceptors (Lipinski definition) is 3. The second kappa shape index (κ2) is 5.20. The second-order valence-electron chi connectivity index (χ2n) is 4.60. The van der Waals surface area contributed by atoms with Crippen molar-refractivity contribution in [2.45, 2.75) is 12.2 Å². The molecule has 0 N–H and O–H groups in total. The Morgan fingerprint density at radius 2 is 1.81 bits per heavy atom. The summed E-state index contributed by atoms with van der Waals surface area (Å²) in [5.74, 6) is 0.276. The van der Waals surface area contributed by atoms with Crippen LogP contribution >= 0.6 is 0 Å². The molecule has 0 fully saturated rings. The molecule has 1 atom stereocenters. The number of hydrogen-bond donors (Lipinski definition) is 0. The van der Waals surface area contributed by atoms with Gasteiger partial charge in [-0.3, -0.25) is 4.98 Å². The topological polar surface area (TPSA) is 34.5 Å². The van der Waals surface area contributed by atoms with E-state index in [4.69, 9.17) is 4.74 Å². The highest BCUT2D eigenvalue weighted by atomic mass is 19.4. The molecular weight excluding hydrogens is 281 g/mol. The summed E-state index contributed by atoms with van der Waals surface area (Å²) in [4.78, 5) is 8.15. The Morgan fingerprint density at radius 3 is 2.43 bits per heavy atom. The minimum atomic E-state index is -4.39. The van der Waals surface area contributed by atoms with E-state index in [0.717, 1.165) is 17.8 Å². The summed E-state index contributed by atoms with van der Waals surface area (Å²) in [7, 11) is 0. The number of aliphatic imine (C=N–C) groups is 1. The van der Waals surface area contributed by atoms with Crippen molar-refractivity contribution in [2.24, 2.45) is 4.99 Å². The predicted octanol–water partition coefficient (Wildman–Crippen LogP) is 3.62. The lowest BCUT2D eigenvalue weighted by Crippen LogP contribution is -2.08. The van der Waals surface area contributed by atoms with Gasteiger partial charge < -0.3 is 4.74 Å². The fourth-order valence-corrected chi connectivity index (χ4v) is 2.05. The molecule has 2 aromatic rings. The number of nitrogens with zero attached hydrogens (tertiary/aromatic N) is 2. The third kappa shape index (κ3) is 2.89. The van der Waals surface area contributed by atoms with Gasteiger partial charge in [0.2, 0.25) is 5.90 Å². The van der Waals surface area contributed by atoms with Crippen LogP contribution in [0.1, 0.15) is 22.9 Å². The molecular formula is C15H11F3N2O. The Balaban J connectivity index is 1.82. The van der Waals surface area contributed by atoms with Gasteiger partial charge >= 0.3 is 6.18 Å². The number of alkyl halides is 3. The summed E-state index contributed by atoms with van der Waals surface area (Å²) in [5, 5.41) is 0. The molecule has 108 valence electrons. The first-order chi connectivity index (χ1) is 10.0. The van der Waals surface area contributed by atoms with Gasteiger partial charge in [0.1, 0.15) is 18.3 Å². The Bertz CT molecular complexity index is 651. The number of ether oxygens (including phenoxy) is 1. The van der Waals surface area contributed by atoms with E-state index in [2.05, 4.69) is 9.98 Å². The Morgan fingerprint density at radius 1 is 1.05 bits per heavy atom. The van der Waals surface area contributed by atoms with E-state index in [1.54, 1.807) is 0 Å². The maximum absolute atomic E-state index is 12.5. The molecule has 0 bridgehead atoms. The highest BCUT2D eigenvalue weighted by Gasteiger charge is 2.31. The molecule has 0 spiro atoms. The number of pyridine rings is 1. The largest absolute Gasteiger partial charge is 0.474 e. The van der Waals surface area contributed by atoms with Gasteiger partial charge in [-0.2, -0.15) is 13.2 Å². The van der Waals surface area contributed by atoms with Crippen LogP contribution in [0.15, 0.2) is 53.7 Å². The number of benzene rings is 1. The smallest absolute Gasteiger partial charge is 0.417 e. The van der Waals surface area contributed by atoms with Crippen molar-refractivity contribution < 1.29 is 17.9 Å². The van der Waals surface area contributed by atoms with Crippen molar-refractivity contribution in [1.82, 2.24) is 4.98 Å². The van der Waals surface area contributed by atoms with Crippen molar-refractivity contribution in [1.29, 1.82) is 0 Å². The van der Waals surface area contributed by atoms with E-state index in [0.29, 0.717) is 12.3 Å². The molecule has 3 rings (SSSR count). The first-order valence-electron chi connectivity index (χ1n) is 6.33. The first-order valence-corrected chi connectivity index (χ1v) is 6.33. The van der Waals surface area contributed by atoms with Crippen LogP contribution in [0.25, 0.3) is 0 Å². The van der Waals surface area contributed by atoms with Crippen LogP contribution in [0.3, 0.4) is 0 Å². The minimum Gasteiger partial charge on any atom is -0.474 e. The molecule has 1 unspecified atom stereocenters. The van der Waals surface area contributed by atoms with Crippen LogP contribution in [0.5, 0.6) is 0 Å². The highest BCUT2D eigenvalue weighted by Crippen LogP contribution is 2.29. The number of rotatable bonds is 2. The van der Waals surface area contributed by atoms with Gasteiger partial charge in [-0.1, -0.05) is 30.3 Å². The molecule has 1 aliphatic heterocycles. The fraction of sp³-hybridized carbons (Fsp3) is 0.200. The van der Waals surface area contributed by atoms with Gasteiger partial charge in [0.25, 0.3) is 0 Å². The van der Waals surface area contributed by atoms with Crippen molar-refractivity contribution in [3.05, 3.63) is 65.5 Å². The molecule has 0 amide bonds. The molecule has 1 aliphatic rings. The molecule has 0 radical (unpaired) electrons. The molecule has 0 saturated heterocycles. The van der Waals surface area contributed by atoms with E-state index >= 15 is 0 Å². The van der Waals surface area contributed by atoms with Crippen LogP contribution in [-0.4, -0.2) is 17.5 Å². The van der Waals surface area contributed by atoms with Gasteiger partial charge in [-0.05, 0) is 17.7 Å². The zero-order chi connectivity index (χ0) is 14.9. The van der Waals surface area contributed by atoms with E-state index in [-0.39, 0.29) is 11.9 Å². The molecule has 2 heterocycles. The zero-order valence-electron chi connectivity index (χ0n) is 10.8. The quantitative estimate of drug-likeness (QED) is 0.847. The lowest BCUT2D eigenvalue weighted by Gasteiger charge is -2.06. The summed E-state index contributed by atoms with van der Waals surface area (Å²) in [5.41, 5.74) is 0.519. The lowest BCUT2D eigenvalue weighted by molar-refractivity contribution is -0.137. The standard InChI is InChI=1S/C15H11F3N2O/c16-15(17,18)11-6-7-12(19-8-11)14-20-13(9-21-14)10-4-2-1-3-5-10/h1-8,13H,9H2. The molecule has 0 saturated carbocycles. The summed E-state index contributed by atoms with van der Waals surface area (Å²) < 4.78 is 42.9. The number of halogens is 3. The Hall–Kier alpha value is -2.37. The van der Waals surface area contributed by atoms with Gasteiger partial charge in [-0.15, -0.1) is 0 Å². The van der Waals surface area contributed by atoms with Crippen molar-refractivity contribution in [2.75, 3.05) is 6.61 Å². The third-order valence-corrected chi connectivity index (χ3v) is 3.15. The third-order valence-electron chi connectivity index (χ3n) is 3.15. The summed E-state index contributed by atoms with van der Waals surface area (Å²) in [6, 6.07) is 11.7. The van der Waals surface area contributed by atoms with Gasteiger partial charge in [-0.25, -0.2) is 4.99 Å². The van der Waals surface area contributed by atoms with Crippen LogP contribution < -0.4 is 0 Å². The summed E-state index contributed by atoms with van der Waals surface area (Å²) in [6.07, 6.45) is -3.60. The van der Waals surface area contributed by atoms with Gasteiger partial charge in [0, 0.05) is 6.20 Å². The Labute approximate surface area is 119 Å². The summed E-state index contributed by atoms with van der Waals surface area (Å²) in [6.45, 7) is 0.363. The average molecular weight is 292 g/mol. The molecule has 0 aliphatic carbocycles. The van der Waals surface area contributed by atoms with Crippen molar-refractivity contribution >= 4 is 5.90 Å². The molecule has 1 aromatic heterocycles. The van der Waals surface area contributed by atoms with E-state index in [1.807, 2.05) is 30.3 Å². The monoisotopic (exact) mass is 292 g/mol. The first kappa shape index (κ1) is 13.6. The zero-order valence-corrected chi connectivity index (χ0v) is 10.8. The van der Waals surface area contributed by atoms with Crippen LogP contribution in [0, 0.1) is 0 Å². The van der Waals surface area contributed by atoms with Crippen molar-refractivity contribution in [3.63, 3.8) is 0 Å². The van der Waals surface area contributed by atoms with Crippen LogP contribution in [0.4, 0.5) is 13.2 Å². The normalized spacial score (nSPS) is 18.2. The maximum Gasteiger partial charge on any atom is 0.417 e. The van der Waals surface area contributed by atoms with Gasteiger partial charge in [0.15, 0.2) is 0 Å². The van der Waals surface area contributed by atoms with Crippen LogP contribution in [-0.2, 0) is 10.9 Å². The summed E-state index contributed by atoms with van der Waals surface area (Å²) >= 11 is 0. The van der Waals surface area contributed by atoms with Crippen LogP contribution in [0.2, 0.25) is 0 Å². The second-order valence-corrected chi connectivity index (χ2v) is 4.60. The predicted molar refractivity (Wildman–Crippen MR) is 70.9 cm³/mol. The molecule has 21 heavy (non-hydrogen) atoms. The highest BCUT2D eigenvalue weighted by molar-refractivity contribution is 5.93. The van der Waals surface area contributed by atoms with E-state index in [9.17, 15) is 13.2 Å². The average Bonchev–Trinajstić information content (AvgIpc) is 2.97. The maximum atomic E-state index is 12.5.